The summed E-state index contributed by atoms with van der Waals surface area (Å²) in [5.41, 5.74) is 4.29. The Kier molecular flexibility index (Phi) is 3.85. The molecule has 2 heterocycles. The molecule has 0 amide bonds. The highest BCUT2D eigenvalue weighted by Crippen LogP contribution is 2.27. The molecule has 128 valence electrons. The van der Waals surface area contributed by atoms with Gasteiger partial charge in [0.05, 0.1) is 17.4 Å². The fraction of sp³-hybridized carbons (Fsp3) is 0. The Bertz CT molecular complexity index is 1100. The van der Waals surface area contributed by atoms with Crippen molar-refractivity contribution >= 4 is 28.2 Å². The molecule has 26 heavy (non-hydrogen) atoms. The number of carboxylic acids is 1. The van der Waals surface area contributed by atoms with Gasteiger partial charge in [-0.15, -0.1) is 0 Å². The molecule has 0 aliphatic carbocycles. The molecular formula is C20H14FN3O2. The summed E-state index contributed by atoms with van der Waals surface area (Å²) in [6.45, 7) is 0. The molecule has 0 radical (unpaired) electrons. The number of carboxylic acid groups (broad SMARTS) is 1. The van der Waals surface area contributed by atoms with Gasteiger partial charge >= 0.3 is 5.97 Å². The van der Waals surface area contributed by atoms with Crippen LogP contribution in [0.25, 0.3) is 22.2 Å². The number of benzene rings is 2. The zero-order chi connectivity index (χ0) is 18.1. The Hall–Kier alpha value is -3.67. The summed E-state index contributed by atoms with van der Waals surface area (Å²) in [6, 6.07) is 14.9. The van der Waals surface area contributed by atoms with E-state index in [1.165, 1.54) is 24.3 Å². The molecule has 0 saturated heterocycles. The van der Waals surface area contributed by atoms with E-state index in [9.17, 15) is 9.18 Å². The second-order valence-electron chi connectivity index (χ2n) is 5.88. The molecule has 2 aromatic carbocycles. The number of pyridine rings is 1. The van der Waals surface area contributed by atoms with Crippen LogP contribution in [0.4, 0.5) is 15.8 Å². The molecule has 0 bridgehead atoms. The van der Waals surface area contributed by atoms with Crippen LogP contribution in [-0.2, 0) is 0 Å². The van der Waals surface area contributed by atoms with Crippen molar-refractivity contribution in [3.8, 4) is 11.3 Å². The number of nitrogens with zero attached hydrogens (tertiary/aromatic N) is 1. The summed E-state index contributed by atoms with van der Waals surface area (Å²) in [5, 5.41) is 12.9. The lowest BCUT2D eigenvalue weighted by atomic mass is 10.1. The highest BCUT2D eigenvalue weighted by molar-refractivity contribution is 5.88. The van der Waals surface area contributed by atoms with Crippen molar-refractivity contribution in [1.82, 2.24) is 9.97 Å². The molecule has 6 heteroatoms. The van der Waals surface area contributed by atoms with Crippen LogP contribution < -0.4 is 5.32 Å². The Balaban J connectivity index is 1.62. The predicted octanol–water partition coefficient (Wildman–Crippen LogP) is 4.81. The average Bonchev–Trinajstić information content (AvgIpc) is 3.05. The van der Waals surface area contributed by atoms with E-state index >= 15 is 0 Å². The Morgan fingerprint density at radius 3 is 2.58 bits per heavy atom. The highest BCUT2D eigenvalue weighted by atomic mass is 19.1. The van der Waals surface area contributed by atoms with Crippen molar-refractivity contribution in [2.75, 3.05) is 5.32 Å². The molecule has 0 unspecified atom stereocenters. The lowest BCUT2D eigenvalue weighted by Gasteiger charge is -2.07. The zero-order valence-electron chi connectivity index (χ0n) is 13.5. The van der Waals surface area contributed by atoms with Gasteiger partial charge in [-0.2, -0.15) is 0 Å². The van der Waals surface area contributed by atoms with E-state index in [4.69, 9.17) is 5.11 Å². The van der Waals surface area contributed by atoms with E-state index in [0.717, 1.165) is 33.5 Å². The number of nitrogens with one attached hydrogen (secondary N) is 2. The maximum absolute atomic E-state index is 13.4. The van der Waals surface area contributed by atoms with Crippen LogP contribution in [0.5, 0.6) is 0 Å². The number of aromatic amines is 1. The number of hydrogen-bond donors (Lipinski definition) is 3. The third-order valence-corrected chi connectivity index (χ3v) is 4.05. The molecule has 4 rings (SSSR count). The summed E-state index contributed by atoms with van der Waals surface area (Å²) >= 11 is 0. The maximum Gasteiger partial charge on any atom is 0.335 e. The largest absolute Gasteiger partial charge is 0.478 e. The van der Waals surface area contributed by atoms with Gasteiger partial charge in [-0.1, -0.05) is 0 Å². The minimum atomic E-state index is -0.963. The predicted molar refractivity (Wildman–Crippen MR) is 98.2 cm³/mol. The smallest absolute Gasteiger partial charge is 0.335 e. The Morgan fingerprint density at radius 2 is 1.81 bits per heavy atom. The number of anilines is 2. The lowest BCUT2D eigenvalue weighted by Crippen LogP contribution is -1.97. The standard InChI is InChI=1S/C20H14FN3O2/c21-15-3-6-18-13(7-15)9-19(24-18)14-8-17(11-22-10-14)23-16-4-1-12(2-5-16)20(25)26/h1-11,23-24H,(H,25,26). The molecule has 0 atom stereocenters. The van der Waals surface area contributed by atoms with E-state index in [1.54, 1.807) is 30.6 Å². The van der Waals surface area contributed by atoms with Gasteiger partial charge in [-0.25, -0.2) is 9.18 Å². The van der Waals surface area contributed by atoms with Gasteiger partial charge in [0.1, 0.15) is 5.82 Å². The number of halogens is 1. The first-order valence-electron chi connectivity index (χ1n) is 7.92. The zero-order valence-corrected chi connectivity index (χ0v) is 13.5. The molecule has 5 nitrogen and oxygen atoms in total. The van der Waals surface area contributed by atoms with Crippen LogP contribution >= 0.6 is 0 Å². The number of rotatable bonds is 4. The van der Waals surface area contributed by atoms with Crippen molar-refractivity contribution in [2.24, 2.45) is 0 Å². The number of carbonyl (C=O) groups is 1. The first kappa shape index (κ1) is 15.8. The summed E-state index contributed by atoms with van der Waals surface area (Å²) in [7, 11) is 0. The number of H-pyrrole nitrogens is 1. The van der Waals surface area contributed by atoms with Gasteiger partial charge in [-0.3, -0.25) is 4.98 Å². The topological polar surface area (TPSA) is 78.0 Å². The summed E-state index contributed by atoms with van der Waals surface area (Å²) in [6.07, 6.45) is 3.40. The maximum atomic E-state index is 13.4. The van der Waals surface area contributed by atoms with E-state index < -0.39 is 5.97 Å². The van der Waals surface area contributed by atoms with Crippen molar-refractivity contribution in [3.63, 3.8) is 0 Å². The summed E-state index contributed by atoms with van der Waals surface area (Å²) in [5.74, 6) is -1.24. The van der Waals surface area contributed by atoms with Crippen molar-refractivity contribution in [1.29, 1.82) is 0 Å². The number of hydrogen-bond acceptors (Lipinski definition) is 3. The molecule has 0 aliphatic heterocycles. The molecule has 3 N–H and O–H groups in total. The third-order valence-electron chi connectivity index (χ3n) is 4.05. The molecule has 0 saturated carbocycles. The van der Waals surface area contributed by atoms with E-state index in [-0.39, 0.29) is 11.4 Å². The van der Waals surface area contributed by atoms with Crippen LogP contribution in [0.3, 0.4) is 0 Å². The van der Waals surface area contributed by atoms with Gasteiger partial charge in [0, 0.05) is 34.0 Å². The van der Waals surface area contributed by atoms with Crippen LogP contribution in [0.2, 0.25) is 0 Å². The van der Waals surface area contributed by atoms with Gasteiger partial charge in [-0.05, 0) is 54.6 Å². The fourth-order valence-corrected chi connectivity index (χ4v) is 2.78. The van der Waals surface area contributed by atoms with E-state index in [0.29, 0.717) is 0 Å². The number of fused-ring (bicyclic) bond motifs is 1. The van der Waals surface area contributed by atoms with Crippen molar-refractivity contribution in [2.45, 2.75) is 0 Å². The normalized spacial score (nSPS) is 10.8. The van der Waals surface area contributed by atoms with Crippen LogP contribution in [-0.4, -0.2) is 21.0 Å². The average molecular weight is 347 g/mol. The van der Waals surface area contributed by atoms with Crippen molar-refractivity contribution in [3.05, 3.63) is 78.4 Å². The first-order valence-corrected chi connectivity index (χ1v) is 7.92. The lowest BCUT2D eigenvalue weighted by molar-refractivity contribution is 0.0697. The molecule has 0 spiro atoms. The molecule has 0 fully saturated rings. The molecule has 2 aromatic heterocycles. The molecule has 4 aromatic rings. The minimum Gasteiger partial charge on any atom is -0.478 e. The fourth-order valence-electron chi connectivity index (χ4n) is 2.78. The quantitative estimate of drug-likeness (QED) is 0.495. The Labute approximate surface area is 148 Å². The highest BCUT2D eigenvalue weighted by Gasteiger charge is 2.07. The van der Waals surface area contributed by atoms with Crippen LogP contribution in [0.15, 0.2) is 67.0 Å². The van der Waals surface area contributed by atoms with Gasteiger partial charge in [0.25, 0.3) is 0 Å². The second-order valence-corrected chi connectivity index (χ2v) is 5.88. The SMILES string of the molecule is O=C(O)c1ccc(Nc2cncc(-c3cc4cc(F)ccc4[nH]3)c2)cc1. The Morgan fingerprint density at radius 1 is 1.00 bits per heavy atom. The van der Waals surface area contributed by atoms with Gasteiger partial charge in [0.15, 0.2) is 0 Å². The van der Waals surface area contributed by atoms with Crippen LogP contribution in [0, 0.1) is 5.82 Å². The second kappa shape index (κ2) is 6.33. The summed E-state index contributed by atoms with van der Waals surface area (Å²) in [4.78, 5) is 18.4. The van der Waals surface area contributed by atoms with Crippen molar-refractivity contribution < 1.29 is 14.3 Å². The van der Waals surface area contributed by atoms with Gasteiger partial charge in [0.2, 0.25) is 0 Å². The molecule has 0 aliphatic rings. The summed E-state index contributed by atoms with van der Waals surface area (Å²) < 4.78 is 13.4. The number of aromatic nitrogens is 2. The molecular weight excluding hydrogens is 333 g/mol. The van der Waals surface area contributed by atoms with Gasteiger partial charge < -0.3 is 15.4 Å². The van der Waals surface area contributed by atoms with Crippen LogP contribution in [0.1, 0.15) is 10.4 Å². The first-order chi connectivity index (χ1) is 12.6. The third kappa shape index (κ3) is 3.12. The number of aromatic carboxylic acids is 1. The monoisotopic (exact) mass is 347 g/mol. The van der Waals surface area contributed by atoms with E-state index in [1.807, 2.05) is 12.1 Å². The van der Waals surface area contributed by atoms with E-state index in [2.05, 4.69) is 15.3 Å². The minimum absolute atomic E-state index is 0.229.